The van der Waals surface area contributed by atoms with Gasteiger partial charge in [-0.15, -0.1) is 0 Å². The summed E-state index contributed by atoms with van der Waals surface area (Å²) in [5.41, 5.74) is 0. The van der Waals surface area contributed by atoms with Crippen molar-refractivity contribution in [1.29, 1.82) is 0 Å². The van der Waals surface area contributed by atoms with E-state index in [-0.39, 0.29) is 5.97 Å². The zero-order valence-corrected chi connectivity index (χ0v) is 28.2. The number of ether oxygens (including phenoxy) is 1. The SMILES string of the molecule is CCCCCCCCCCCC(=O)OCCCCCCCCCCCCCCCCCCCCCCCC(C)C. The lowest BCUT2D eigenvalue weighted by atomic mass is 10.0. The predicted molar refractivity (Wildman–Crippen MR) is 179 cm³/mol. The second-order valence-corrected chi connectivity index (χ2v) is 13.4. The summed E-state index contributed by atoms with van der Waals surface area (Å²) in [6.07, 6.45) is 43.2. The quantitative estimate of drug-likeness (QED) is 0.0574. The summed E-state index contributed by atoms with van der Waals surface area (Å²) in [6.45, 7) is 7.58. The number of carbonyl (C=O) groups is 1. The highest BCUT2D eigenvalue weighted by Gasteiger charge is 2.03. The minimum atomic E-state index is 0.0246. The van der Waals surface area contributed by atoms with Gasteiger partial charge in [-0.2, -0.15) is 0 Å². The van der Waals surface area contributed by atoms with Crippen LogP contribution in [0.15, 0.2) is 0 Å². The van der Waals surface area contributed by atoms with E-state index in [4.69, 9.17) is 4.74 Å². The average Bonchev–Trinajstić information content (AvgIpc) is 2.94. The Morgan fingerprint density at radius 2 is 0.725 bits per heavy atom. The first kappa shape index (κ1) is 39.5. The van der Waals surface area contributed by atoms with Crippen molar-refractivity contribution in [3.05, 3.63) is 0 Å². The van der Waals surface area contributed by atoms with Gasteiger partial charge in [0.05, 0.1) is 6.61 Å². The van der Waals surface area contributed by atoms with Gasteiger partial charge in [-0.25, -0.2) is 0 Å². The van der Waals surface area contributed by atoms with Gasteiger partial charge in [0.15, 0.2) is 0 Å². The number of hydrogen-bond donors (Lipinski definition) is 0. The Hall–Kier alpha value is -0.530. The molecule has 0 aliphatic rings. The zero-order valence-electron chi connectivity index (χ0n) is 28.2. The lowest BCUT2D eigenvalue weighted by molar-refractivity contribution is -0.143. The number of rotatable bonds is 34. The Bertz CT molecular complexity index is 472. The van der Waals surface area contributed by atoms with Crippen LogP contribution in [0.5, 0.6) is 0 Å². The Kier molecular flexibility index (Phi) is 34.2. The second kappa shape index (κ2) is 34.7. The van der Waals surface area contributed by atoms with Gasteiger partial charge in [0.2, 0.25) is 0 Å². The third-order valence-corrected chi connectivity index (χ3v) is 8.67. The van der Waals surface area contributed by atoms with Crippen molar-refractivity contribution in [3.63, 3.8) is 0 Å². The maximum atomic E-state index is 11.9. The fourth-order valence-corrected chi connectivity index (χ4v) is 5.85. The van der Waals surface area contributed by atoms with Gasteiger partial charge in [0, 0.05) is 6.42 Å². The molecular formula is C38H76O2. The van der Waals surface area contributed by atoms with E-state index in [1.807, 2.05) is 0 Å². The molecular weight excluding hydrogens is 488 g/mol. The average molecular weight is 565 g/mol. The minimum Gasteiger partial charge on any atom is -0.466 e. The fraction of sp³-hybridized carbons (Fsp3) is 0.974. The lowest BCUT2D eigenvalue weighted by Crippen LogP contribution is -2.05. The molecule has 0 saturated carbocycles. The largest absolute Gasteiger partial charge is 0.466 e. The van der Waals surface area contributed by atoms with Crippen molar-refractivity contribution in [3.8, 4) is 0 Å². The normalized spacial score (nSPS) is 11.5. The predicted octanol–water partition coefficient (Wildman–Crippen LogP) is 13.7. The van der Waals surface area contributed by atoms with E-state index >= 15 is 0 Å². The fourth-order valence-electron chi connectivity index (χ4n) is 5.85. The van der Waals surface area contributed by atoms with Crippen molar-refractivity contribution in [2.24, 2.45) is 5.92 Å². The molecule has 0 aliphatic heterocycles. The van der Waals surface area contributed by atoms with E-state index in [0.717, 1.165) is 18.8 Å². The van der Waals surface area contributed by atoms with Crippen LogP contribution in [0.2, 0.25) is 0 Å². The Labute approximate surface area is 254 Å². The van der Waals surface area contributed by atoms with Crippen LogP contribution < -0.4 is 0 Å². The zero-order chi connectivity index (χ0) is 29.2. The highest BCUT2D eigenvalue weighted by Crippen LogP contribution is 2.16. The molecule has 0 heterocycles. The first-order valence-electron chi connectivity index (χ1n) is 18.8. The summed E-state index contributed by atoms with van der Waals surface area (Å²) >= 11 is 0. The molecule has 2 nitrogen and oxygen atoms in total. The van der Waals surface area contributed by atoms with Gasteiger partial charge >= 0.3 is 5.97 Å². The first-order chi connectivity index (χ1) is 19.7. The molecule has 0 rings (SSSR count). The Balaban J connectivity index is 3.12. The standard InChI is InChI=1S/C38H76O2/c1-4-5-6-7-8-22-26-29-32-35-38(39)40-36-33-30-27-24-21-19-17-15-13-11-9-10-12-14-16-18-20-23-25-28-31-34-37(2)3/h37H,4-36H2,1-3H3. The molecule has 0 unspecified atom stereocenters. The molecule has 0 saturated heterocycles. The Morgan fingerprint density at radius 3 is 1.07 bits per heavy atom. The van der Waals surface area contributed by atoms with Gasteiger partial charge < -0.3 is 4.74 Å². The van der Waals surface area contributed by atoms with Gasteiger partial charge in [0.1, 0.15) is 0 Å². The van der Waals surface area contributed by atoms with Crippen LogP contribution in [-0.4, -0.2) is 12.6 Å². The Morgan fingerprint density at radius 1 is 0.425 bits per heavy atom. The number of hydrogen-bond acceptors (Lipinski definition) is 2. The maximum Gasteiger partial charge on any atom is 0.305 e. The van der Waals surface area contributed by atoms with Crippen molar-refractivity contribution in [2.45, 2.75) is 226 Å². The molecule has 0 aromatic rings. The van der Waals surface area contributed by atoms with Crippen molar-refractivity contribution in [2.75, 3.05) is 6.61 Å². The minimum absolute atomic E-state index is 0.0246. The lowest BCUT2D eigenvalue weighted by Gasteiger charge is -2.06. The third kappa shape index (κ3) is 35.5. The first-order valence-corrected chi connectivity index (χ1v) is 18.8. The van der Waals surface area contributed by atoms with E-state index in [0.29, 0.717) is 13.0 Å². The van der Waals surface area contributed by atoms with Crippen LogP contribution in [0.25, 0.3) is 0 Å². The van der Waals surface area contributed by atoms with Crippen LogP contribution in [0.4, 0.5) is 0 Å². The molecule has 0 aliphatic carbocycles. The smallest absolute Gasteiger partial charge is 0.305 e. The van der Waals surface area contributed by atoms with Crippen molar-refractivity contribution < 1.29 is 9.53 Å². The summed E-state index contributed by atoms with van der Waals surface area (Å²) in [7, 11) is 0. The molecule has 0 spiro atoms. The molecule has 0 atom stereocenters. The number of esters is 1. The van der Waals surface area contributed by atoms with E-state index < -0.39 is 0 Å². The van der Waals surface area contributed by atoms with Crippen molar-refractivity contribution in [1.82, 2.24) is 0 Å². The van der Waals surface area contributed by atoms with Gasteiger partial charge in [-0.1, -0.05) is 207 Å². The molecule has 0 aromatic carbocycles. The third-order valence-electron chi connectivity index (χ3n) is 8.67. The number of unbranched alkanes of at least 4 members (excludes halogenated alkanes) is 28. The van der Waals surface area contributed by atoms with Crippen molar-refractivity contribution >= 4 is 5.97 Å². The summed E-state index contributed by atoms with van der Waals surface area (Å²) in [5, 5.41) is 0. The summed E-state index contributed by atoms with van der Waals surface area (Å²) in [4.78, 5) is 11.9. The second-order valence-electron chi connectivity index (χ2n) is 13.4. The van der Waals surface area contributed by atoms with Gasteiger partial charge in [0.25, 0.3) is 0 Å². The van der Waals surface area contributed by atoms with Crippen LogP contribution >= 0.6 is 0 Å². The summed E-state index contributed by atoms with van der Waals surface area (Å²) < 4.78 is 5.42. The maximum absolute atomic E-state index is 11.9. The number of carbonyl (C=O) groups excluding carboxylic acids is 1. The highest BCUT2D eigenvalue weighted by atomic mass is 16.5. The van der Waals surface area contributed by atoms with E-state index in [1.165, 1.54) is 186 Å². The molecule has 240 valence electrons. The van der Waals surface area contributed by atoms with E-state index in [1.54, 1.807) is 0 Å². The van der Waals surface area contributed by atoms with Crippen LogP contribution in [0, 0.1) is 5.92 Å². The monoisotopic (exact) mass is 565 g/mol. The molecule has 0 radical (unpaired) electrons. The topological polar surface area (TPSA) is 26.3 Å². The summed E-state index contributed by atoms with van der Waals surface area (Å²) in [6, 6.07) is 0. The van der Waals surface area contributed by atoms with Gasteiger partial charge in [-0.3, -0.25) is 4.79 Å². The van der Waals surface area contributed by atoms with Crippen LogP contribution in [0.1, 0.15) is 226 Å². The molecule has 0 fully saturated rings. The van der Waals surface area contributed by atoms with Crippen LogP contribution in [-0.2, 0) is 9.53 Å². The summed E-state index contributed by atoms with van der Waals surface area (Å²) in [5.74, 6) is 0.910. The molecule has 0 N–H and O–H groups in total. The van der Waals surface area contributed by atoms with Gasteiger partial charge in [-0.05, 0) is 18.8 Å². The van der Waals surface area contributed by atoms with Crippen LogP contribution in [0.3, 0.4) is 0 Å². The highest BCUT2D eigenvalue weighted by molar-refractivity contribution is 5.69. The molecule has 2 heteroatoms. The molecule has 0 amide bonds. The molecule has 0 bridgehead atoms. The molecule has 40 heavy (non-hydrogen) atoms. The van der Waals surface area contributed by atoms with E-state index in [9.17, 15) is 4.79 Å². The molecule has 0 aromatic heterocycles. The van der Waals surface area contributed by atoms with E-state index in [2.05, 4.69) is 20.8 Å².